The number of hydrogen-bond acceptors (Lipinski definition) is 4. The number of hydrogen-bond donors (Lipinski definition) is 0. The lowest BCUT2D eigenvalue weighted by Crippen LogP contribution is -2.31. The molecule has 172 valence electrons. The number of anilines is 1. The van der Waals surface area contributed by atoms with E-state index in [1.807, 2.05) is 54.6 Å². The minimum Gasteiger partial charge on any atom is -0.383 e. The van der Waals surface area contributed by atoms with Crippen LogP contribution in [0.3, 0.4) is 0 Å². The first-order chi connectivity index (χ1) is 15.7. The molecule has 0 unspecified atom stereocenters. The molecule has 6 heteroatoms. The van der Waals surface area contributed by atoms with Crippen LogP contribution in [0.25, 0.3) is 6.08 Å². The first-order valence-electron chi connectivity index (χ1n) is 10.8. The summed E-state index contributed by atoms with van der Waals surface area (Å²) in [6, 6.07) is 24.1. The van der Waals surface area contributed by atoms with E-state index < -0.39 is 10.1 Å². The number of carbonyl (C=O) groups excluding carboxylic acids is 1. The lowest BCUT2D eigenvalue weighted by molar-refractivity contribution is 0.0989. The smallest absolute Gasteiger partial charge is 0.306 e. The van der Waals surface area contributed by atoms with Crippen molar-refractivity contribution in [2.24, 2.45) is 5.92 Å². The van der Waals surface area contributed by atoms with Crippen LogP contribution in [-0.2, 0) is 16.5 Å². The van der Waals surface area contributed by atoms with Gasteiger partial charge in [-0.15, -0.1) is 0 Å². The van der Waals surface area contributed by atoms with Gasteiger partial charge < -0.3 is 9.08 Å². The highest BCUT2D eigenvalue weighted by Crippen LogP contribution is 2.21. The summed E-state index contributed by atoms with van der Waals surface area (Å²) >= 11 is 0. The van der Waals surface area contributed by atoms with Crippen LogP contribution in [0.2, 0.25) is 0 Å². The Morgan fingerprint density at radius 1 is 0.939 bits per heavy atom. The lowest BCUT2D eigenvalue weighted by Gasteiger charge is -2.22. The molecule has 0 aliphatic carbocycles. The fraction of sp³-hybridized carbons (Fsp3) is 0.222. The minimum absolute atomic E-state index is 0.0752. The van der Waals surface area contributed by atoms with Crippen molar-refractivity contribution in [1.29, 1.82) is 0 Å². The molecule has 0 radical (unpaired) electrons. The maximum Gasteiger partial charge on any atom is 0.306 e. The second-order valence-corrected chi connectivity index (χ2v) is 9.88. The van der Waals surface area contributed by atoms with Gasteiger partial charge in [-0.25, -0.2) is 0 Å². The maximum absolute atomic E-state index is 13.2. The molecule has 0 saturated heterocycles. The van der Waals surface area contributed by atoms with Crippen molar-refractivity contribution < 1.29 is 17.4 Å². The van der Waals surface area contributed by atoms with Crippen LogP contribution in [0.5, 0.6) is 5.75 Å². The van der Waals surface area contributed by atoms with E-state index in [2.05, 4.69) is 26.0 Å². The predicted octanol–water partition coefficient (Wildman–Crippen LogP) is 5.58. The van der Waals surface area contributed by atoms with Gasteiger partial charge in [0.15, 0.2) is 0 Å². The summed E-state index contributed by atoms with van der Waals surface area (Å²) in [7, 11) is -3.56. The van der Waals surface area contributed by atoms with Crippen molar-refractivity contribution in [2.45, 2.75) is 20.3 Å². The van der Waals surface area contributed by atoms with Crippen LogP contribution in [0.15, 0.2) is 84.9 Å². The summed E-state index contributed by atoms with van der Waals surface area (Å²) in [4.78, 5) is 15.0. The molecule has 0 N–H and O–H groups in total. The van der Waals surface area contributed by atoms with Crippen molar-refractivity contribution in [3.63, 3.8) is 0 Å². The monoisotopic (exact) mass is 463 g/mol. The average molecular weight is 464 g/mol. The van der Waals surface area contributed by atoms with Crippen molar-refractivity contribution >= 4 is 27.8 Å². The maximum atomic E-state index is 13.2. The van der Waals surface area contributed by atoms with Crippen molar-refractivity contribution in [3.05, 3.63) is 102 Å². The Bertz CT molecular complexity index is 1180. The largest absolute Gasteiger partial charge is 0.383 e. The predicted molar refractivity (Wildman–Crippen MR) is 134 cm³/mol. The van der Waals surface area contributed by atoms with Crippen LogP contribution >= 0.6 is 0 Å². The standard InChI is InChI=1S/C27H29NO4S/c1-21(2)20-23-11-15-25(16-12-23)28(27(29)24-9-5-4-6-10-24)19-7-8-22-13-17-26(18-14-22)32-33(3,30)31/h4-18,21H,19-20H2,1-3H3/b8-7+. The molecule has 1 amide bonds. The van der Waals surface area contributed by atoms with Gasteiger partial charge in [0, 0.05) is 17.8 Å². The van der Waals surface area contributed by atoms with E-state index in [1.165, 1.54) is 5.56 Å². The SMILES string of the molecule is CC(C)Cc1ccc(N(C/C=C/c2ccc(OS(C)(=O)=O)cc2)C(=O)c2ccccc2)cc1. The highest BCUT2D eigenvalue weighted by atomic mass is 32.2. The molecule has 0 aliphatic heterocycles. The summed E-state index contributed by atoms with van der Waals surface area (Å²) in [5.74, 6) is 0.751. The number of carbonyl (C=O) groups is 1. The first kappa shape index (κ1) is 24.3. The fourth-order valence-electron chi connectivity index (χ4n) is 3.43. The summed E-state index contributed by atoms with van der Waals surface area (Å²) < 4.78 is 27.4. The van der Waals surface area contributed by atoms with E-state index in [1.54, 1.807) is 29.2 Å². The first-order valence-corrected chi connectivity index (χ1v) is 12.6. The molecule has 0 atom stereocenters. The van der Waals surface area contributed by atoms with E-state index in [0.29, 0.717) is 18.0 Å². The molecule has 3 aromatic carbocycles. The normalized spacial score (nSPS) is 11.6. The Labute approximate surface area is 196 Å². The van der Waals surface area contributed by atoms with Gasteiger partial charge in [0.2, 0.25) is 0 Å². The zero-order valence-corrected chi connectivity index (χ0v) is 20.0. The highest BCUT2D eigenvalue weighted by Gasteiger charge is 2.16. The molecule has 0 heterocycles. The molecule has 3 rings (SSSR count). The number of nitrogens with zero attached hydrogens (tertiary/aromatic N) is 1. The third-order valence-electron chi connectivity index (χ3n) is 4.88. The summed E-state index contributed by atoms with van der Waals surface area (Å²) in [5, 5.41) is 0. The van der Waals surface area contributed by atoms with Crippen molar-refractivity contribution in [1.82, 2.24) is 0 Å². The van der Waals surface area contributed by atoms with E-state index in [9.17, 15) is 13.2 Å². The summed E-state index contributed by atoms with van der Waals surface area (Å²) in [6.45, 7) is 4.76. The molecular formula is C27H29NO4S. The molecule has 3 aromatic rings. The van der Waals surface area contributed by atoms with Gasteiger partial charge in [0.25, 0.3) is 5.91 Å². The number of rotatable bonds is 9. The topological polar surface area (TPSA) is 63.7 Å². The van der Waals surface area contributed by atoms with Gasteiger partial charge in [-0.1, -0.05) is 68.5 Å². The second-order valence-electron chi connectivity index (χ2n) is 8.31. The van der Waals surface area contributed by atoms with E-state index in [0.717, 1.165) is 23.9 Å². The van der Waals surface area contributed by atoms with Crippen LogP contribution in [-0.4, -0.2) is 27.1 Å². The minimum atomic E-state index is -3.56. The molecular weight excluding hydrogens is 434 g/mol. The quantitative estimate of drug-likeness (QED) is 0.389. The number of benzene rings is 3. The van der Waals surface area contributed by atoms with Crippen LogP contribution in [0.1, 0.15) is 35.3 Å². The Balaban J connectivity index is 1.79. The molecule has 0 spiro atoms. The Hall–Kier alpha value is -3.38. The molecule has 5 nitrogen and oxygen atoms in total. The van der Waals surface area contributed by atoms with Crippen LogP contribution in [0, 0.1) is 5.92 Å². The molecule has 0 saturated carbocycles. The molecule has 0 aromatic heterocycles. The highest BCUT2D eigenvalue weighted by molar-refractivity contribution is 7.86. The fourth-order valence-corrected chi connectivity index (χ4v) is 3.89. The Morgan fingerprint density at radius 3 is 2.15 bits per heavy atom. The third-order valence-corrected chi connectivity index (χ3v) is 5.38. The van der Waals surface area contributed by atoms with Gasteiger partial charge in [-0.3, -0.25) is 4.79 Å². The van der Waals surface area contributed by atoms with Gasteiger partial charge in [-0.2, -0.15) is 8.42 Å². The van der Waals surface area contributed by atoms with E-state index in [4.69, 9.17) is 4.18 Å². The molecule has 33 heavy (non-hydrogen) atoms. The molecule has 0 bridgehead atoms. The number of amides is 1. The van der Waals surface area contributed by atoms with Gasteiger partial charge in [0.1, 0.15) is 5.75 Å². The van der Waals surface area contributed by atoms with Crippen LogP contribution < -0.4 is 9.08 Å². The Morgan fingerprint density at radius 2 is 1.58 bits per heavy atom. The van der Waals surface area contributed by atoms with Gasteiger partial charge in [-0.05, 0) is 59.9 Å². The van der Waals surface area contributed by atoms with E-state index >= 15 is 0 Å². The van der Waals surface area contributed by atoms with Gasteiger partial charge >= 0.3 is 10.1 Å². The van der Waals surface area contributed by atoms with Crippen LogP contribution in [0.4, 0.5) is 5.69 Å². The zero-order chi connectivity index (χ0) is 23.8. The van der Waals surface area contributed by atoms with Gasteiger partial charge in [0.05, 0.1) is 6.26 Å². The average Bonchev–Trinajstić information content (AvgIpc) is 2.77. The lowest BCUT2D eigenvalue weighted by atomic mass is 10.0. The summed E-state index contributed by atoms with van der Waals surface area (Å²) in [5.41, 5.74) is 3.57. The molecule has 0 fully saturated rings. The van der Waals surface area contributed by atoms with Crippen molar-refractivity contribution in [3.8, 4) is 5.75 Å². The zero-order valence-electron chi connectivity index (χ0n) is 19.1. The van der Waals surface area contributed by atoms with Crippen molar-refractivity contribution in [2.75, 3.05) is 17.7 Å². The summed E-state index contributed by atoms with van der Waals surface area (Å²) in [6.07, 6.45) is 5.80. The second kappa shape index (κ2) is 11.0. The van der Waals surface area contributed by atoms with E-state index in [-0.39, 0.29) is 11.7 Å². The molecule has 0 aliphatic rings. The Kier molecular flexibility index (Phi) is 8.06. The third kappa shape index (κ3) is 7.61.